The molecule has 1 aromatic carbocycles. The maximum Gasteiger partial charge on any atom is 0.389 e. The highest BCUT2D eigenvalue weighted by Crippen LogP contribution is 2.39. The summed E-state index contributed by atoms with van der Waals surface area (Å²) in [5.41, 5.74) is 0.671. The summed E-state index contributed by atoms with van der Waals surface area (Å²) in [4.78, 5) is 0. The average molecular weight is 202 g/mol. The molecule has 1 aliphatic heterocycles. The number of alkyl halides is 3. The number of halogens is 3. The van der Waals surface area contributed by atoms with E-state index in [0.717, 1.165) is 0 Å². The maximum absolute atomic E-state index is 12.1. The Kier molecular flexibility index (Phi) is 2.13. The van der Waals surface area contributed by atoms with Crippen LogP contribution in [0.15, 0.2) is 24.3 Å². The van der Waals surface area contributed by atoms with Gasteiger partial charge in [0.05, 0.1) is 13.0 Å². The number of fused-ring (bicyclic) bond motifs is 1. The molecule has 1 aromatic rings. The third kappa shape index (κ3) is 1.84. The fraction of sp³-hybridized carbons (Fsp3) is 0.400. The first-order valence-electron chi connectivity index (χ1n) is 4.35. The van der Waals surface area contributed by atoms with Gasteiger partial charge in [0.25, 0.3) is 0 Å². The Morgan fingerprint density at radius 2 is 2.00 bits per heavy atom. The number of benzene rings is 1. The molecule has 0 amide bonds. The van der Waals surface area contributed by atoms with Crippen molar-refractivity contribution in [2.45, 2.75) is 18.5 Å². The first-order valence-corrected chi connectivity index (χ1v) is 4.35. The van der Waals surface area contributed by atoms with Gasteiger partial charge in [-0.15, -0.1) is 0 Å². The van der Waals surface area contributed by atoms with Crippen molar-refractivity contribution in [2.75, 3.05) is 6.61 Å². The van der Waals surface area contributed by atoms with Crippen molar-refractivity contribution in [1.29, 1.82) is 0 Å². The summed E-state index contributed by atoms with van der Waals surface area (Å²) in [6.45, 7) is 0.138. The van der Waals surface area contributed by atoms with Crippen LogP contribution in [0, 0.1) is 0 Å². The Morgan fingerprint density at radius 1 is 1.29 bits per heavy atom. The lowest BCUT2D eigenvalue weighted by Gasteiger charge is -2.11. The molecule has 0 aliphatic carbocycles. The van der Waals surface area contributed by atoms with E-state index in [4.69, 9.17) is 4.74 Å². The second kappa shape index (κ2) is 3.19. The Hall–Kier alpha value is -1.19. The molecule has 0 aromatic heterocycles. The molecular formula is C10H9F3O. The van der Waals surface area contributed by atoms with E-state index in [0.29, 0.717) is 11.3 Å². The molecule has 0 bridgehead atoms. The van der Waals surface area contributed by atoms with E-state index in [1.807, 2.05) is 0 Å². The first kappa shape index (κ1) is 9.37. The number of ether oxygens (including phenoxy) is 1. The van der Waals surface area contributed by atoms with Gasteiger partial charge in [-0.1, -0.05) is 18.2 Å². The summed E-state index contributed by atoms with van der Waals surface area (Å²) in [7, 11) is 0. The van der Waals surface area contributed by atoms with Gasteiger partial charge in [-0.2, -0.15) is 13.2 Å². The Bertz CT molecular complexity index is 332. The summed E-state index contributed by atoms with van der Waals surface area (Å²) in [5, 5.41) is 0. The molecule has 1 atom stereocenters. The zero-order valence-corrected chi connectivity index (χ0v) is 7.34. The zero-order chi connectivity index (χ0) is 10.2. The monoisotopic (exact) mass is 202 g/mol. The molecule has 76 valence electrons. The third-order valence-corrected chi connectivity index (χ3v) is 2.28. The smallest absolute Gasteiger partial charge is 0.389 e. The van der Waals surface area contributed by atoms with Crippen LogP contribution in [0.3, 0.4) is 0 Å². The van der Waals surface area contributed by atoms with Crippen molar-refractivity contribution < 1.29 is 17.9 Å². The van der Waals surface area contributed by atoms with Gasteiger partial charge >= 0.3 is 6.18 Å². The molecule has 0 saturated heterocycles. The number of rotatable bonds is 1. The quantitative estimate of drug-likeness (QED) is 0.679. The minimum Gasteiger partial charge on any atom is -0.493 e. The first-order chi connectivity index (χ1) is 6.56. The van der Waals surface area contributed by atoms with Crippen LogP contribution in [0.5, 0.6) is 5.75 Å². The SMILES string of the molecule is FC(F)(F)C[C@H]1COc2ccccc21. The number of hydrogen-bond donors (Lipinski definition) is 0. The molecule has 0 unspecified atom stereocenters. The van der Waals surface area contributed by atoms with Crippen molar-refractivity contribution in [3.05, 3.63) is 29.8 Å². The predicted octanol–water partition coefficient (Wildman–Crippen LogP) is 3.12. The summed E-state index contributed by atoms with van der Waals surface area (Å²) >= 11 is 0. The summed E-state index contributed by atoms with van der Waals surface area (Å²) in [5.74, 6) is 0.0490. The molecule has 1 aliphatic rings. The van der Waals surface area contributed by atoms with Gasteiger partial charge in [0.1, 0.15) is 5.75 Å². The molecule has 0 fully saturated rings. The largest absolute Gasteiger partial charge is 0.493 e. The van der Waals surface area contributed by atoms with Gasteiger partial charge in [-0.3, -0.25) is 0 Å². The highest BCUT2D eigenvalue weighted by atomic mass is 19.4. The normalized spacial score (nSPS) is 20.4. The Balaban J connectivity index is 2.18. The van der Waals surface area contributed by atoms with Crippen LogP contribution in [0.25, 0.3) is 0 Å². The van der Waals surface area contributed by atoms with Crippen LogP contribution < -0.4 is 4.74 Å². The van der Waals surface area contributed by atoms with E-state index in [-0.39, 0.29) is 6.61 Å². The second-order valence-electron chi connectivity index (χ2n) is 3.37. The maximum atomic E-state index is 12.1. The van der Waals surface area contributed by atoms with Gasteiger partial charge in [-0.25, -0.2) is 0 Å². The lowest BCUT2D eigenvalue weighted by Crippen LogP contribution is -2.14. The van der Waals surface area contributed by atoms with Crippen molar-refractivity contribution >= 4 is 0 Å². The van der Waals surface area contributed by atoms with Crippen LogP contribution in [0.1, 0.15) is 17.9 Å². The molecule has 0 spiro atoms. The third-order valence-electron chi connectivity index (χ3n) is 2.28. The number of hydrogen-bond acceptors (Lipinski definition) is 1. The summed E-state index contributed by atoms with van der Waals surface area (Å²) in [6.07, 6.45) is -4.92. The molecule has 4 heteroatoms. The topological polar surface area (TPSA) is 9.23 Å². The lowest BCUT2D eigenvalue weighted by atomic mass is 9.98. The summed E-state index contributed by atoms with van der Waals surface area (Å²) < 4.78 is 41.6. The highest BCUT2D eigenvalue weighted by Gasteiger charge is 2.36. The molecule has 0 saturated carbocycles. The van der Waals surface area contributed by atoms with Gasteiger partial charge in [0.2, 0.25) is 0 Å². The van der Waals surface area contributed by atoms with Gasteiger partial charge in [0, 0.05) is 11.5 Å². The van der Waals surface area contributed by atoms with E-state index in [9.17, 15) is 13.2 Å². The van der Waals surface area contributed by atoms with Gasteiger partial charge in [-0.05, 0) is 6.07 Å². The fourth-order valence-electron chi connectivity index (χ4n) is 1.68. The second-order valence-corrected chi connectivity index (χ2v) is 3.37. The fourth-order valence-corrected chi connectivity index (χ4v) is 1.68. The van der Waals surface area contributed by atoms with E-state index in [1.54, 1.807) is 24.3 Å². The molecule has 2 rings (SSSR count). The Morgan fingerprint density at radius 3 is 2.71 bits per heavy atom. The molecule has 14 heavy (non-hydrogen) atoms. The predicted molar refractivity (Wildman–Crippen MR) is 45.4 cm³/mol. The van der Waals surface area contributed by atoms with Crippen LogP contribution >= 0.6 is 0 Å². The van der Waals surface area contributed by atoms with Gasteiger partial charge in [0.15, 0.2) is 0 Å². The minimum absolute atomic E-state index is 0.138. The molecule has 0 N–H and O–H groups in total. The van der Waals surface area contributed by atoms with E-state index in [2.05, 4.69) is 0 Å². The van der Waals surface area contributed by atoms with Crippen LogP contribution in [0.4, 0.5) is 13.2 Å². The van der Waals surface area contributed by atoms with E-state index < -0.39 is 18.5 Å². The minimum atomic E-state index is -4.12. The van der Waals surface area contributed by atoms with Crippen LogP contribution in [0.2, 0.25) is 0 Å². The summed E-state index contributed by atoms with van der Waals surface area (Å²) in [6, 6.07) is 6.89. The lowest BCUT2D eigenvalue weighted by molar-refractivity contribution is -0.139. The van der Waals surface area contributed by atoms with Crippen LogP contribution in [-0.2, 0) is 0 Å². The number of para-hydroxylation sites is 1. The Labute approximate surface area is 79.5 Å². The zero-order valence-electron chi connectivity index (χ0n) is 7.34. The van der Waals surface area contributed by atoms with Crippen molar-refractivity contribution in [3.8, 4) is 5.75 Å². The average Bonchev–Trinajstić information content (AvgIpc) is 2.47. The van der Waals surface area contributed by atoms with Crippen LogP contribution in [-0.4, -0.2) is 12.8 Å². The van der Waals surface area contributed by atoms with Crippen molar-refractivity contribution in [2.24, 2.45) is 0 Å². The van der Waals surface area contributed by atoms with Gasteiger partial charge < -0.3 is 4.74 Å². The molecule has 1 heterocycles. The van der Waals surface area contributed by atoms with Crippen molar-refractivity contribution in [3.63, 3.8) is 0 Å². The highest BCUT2D eigenvalue weighted by molar-refractivity contribution is 5.39. The van der Waals surface area contributed by atoms with Crippen molar-refractivity contribution in [1.82, 2.24) is 0 Å². The van der Waals surface area contributed by atoms with E-state index >= 15 is 0 Å². The molecular weight excluding hydrogens is 193 g/mol. The molecule has 1 nitrogen and oxygen atoms in total. The molecule has 0 radical (unpaired) electrons. The van der Waals surface area contributed by atoms with E-state index in [1.165, 1.54) is 0 Å². The standard InChI is InChI=1S/C10H9F3O/c11-10(12,13)5-7-6-14-9-4-2-1-3-8(7)9/h1-4,7H,5-6H2/t7-/m0/s1.